The van der Waals surface area contributed by atoms with Crippen LogP contribution in [0.2, 0.25) is 0 Å². The summed E-state index contributed by atoms with van der Waals surface area (Å²) in [6.45, 7) is 0.368. The third-order valence-electron chi connectivity index (χ3n) is 3.16. The topological polar surface area (TPSA) is 107 Å². The van der Waals surface area contributed by atoms with Crippen LogP contribution in [0.4, 0.5) is 4.79 Å². The number of aromatic nitrogens is 2. The number of carboxylic acid groups (broad SMARTS) is 1. The standard InChI is InChI=1S/C11H16N4O3/c16-10(17)8-2-1-3-9(8)15-11(18)12-4-7-5-13-14-6-7/h5-6,8-9H,1-4H2,(H,13,14)(H,16,17)(H2,12,15,18). The lowest BCUT2D eigenvalue weighted by Gasteiger charge is -2.17. The summed E-state index contributed by atoms with van der Waals surface area (Å²) in [6.07, 6.45) is 5.49. The number of nitrogens with zero attached hydrogens (tertiary/aromatic N) is 1. The molecule has 1 saturated carbocycles. The smallest absolute Gasteiger partial charge is 0.315 e. The molecule has 18 heavy (non-hydrogen) atoms. The fourth-order valence-corrected chi connectivity index (χ4v) is 2.20. The Morgan fingerprint density at radius 3 is 3.00 bits per heavy atom. The Balaban J connectivity index is 1.78. The maximum Gasteiger partial charge on any atom is 0.315 e. The lowest BCUT2D eigenvalue weighted by atomic mass is 10.0. The summed E-state index contributed by atoms with van der Waals surface area (Å²) in [5, 5.41) is 20.8. The highest BCUT2D eigenvalue weighted by molar-refractivity contribution is 5.77. The lowest BCUT2D eigenvalue weighted by Crippen LogP contribution is -2.45. The van der Waals surface area contributed by atoms with Crippen molar-refractivity contribution in [1.29, 1.82) is 0 Å². The molecule has 0 bridgehead atoms. The Hall–Kier alpha value is -2.05. The average Bonchev–Trinajstić information content (AvgIpc) is 2.96. The number of urea groups is 1. The Kier molecular flexibility index (Phi) is 3.81. The van der Waals surface area contributed by atoms with Crippen molar-refractivity contribution in [2.75, 3.05) is 0 Å². The van der Waals surface area contributed by atoms with Crippen LogP contribution in [0.15, 0.2) is 12.4 Å². The van der Waals surface area contributed by atoms with E-state index in [1.165, 1.54) is 0 Å². The minimum absolute atomic E-state index is 0.271. The molecule has 2 unspecified atom stereocenters. The maximum absolute atomic E-state index is 11.6. The number of hydrogen-bond donors (Lipinski definition) is 4. The normalized spacial score (nSPS) is 22.7. The van der Waals surface area contributed by atoms with Crippen molar-refractivity contribution < 1.29 is 14.7 Å². The summed E-state index contributed by atoms with van der Waals surface area (Å²) in [6, 6.07) is -0.610. The Morgan fingerprint density at radius 1 is 1.50 bits per heavy atom. The van der Waals surface area contributed by atoms with Crippen molar-refractivity contribution in [3.63, 3.8) is 0 Å². The van der Waals surface area contributed by atoms with Crippen molar-refractivity contribution in [3.8, 4) is 0 Å². The van der Waals surface area contributed by atoms with Gasteiger partial charge in [-0.2, -0.15) is 5.10 Å². The molecule has 98 valence electrons. The molecule has 0 saturated heterocycles. The van der Waals surface area contributed by atoms with Gasteiger partial charge in [0, 0.05) is 24.3 Å². The number of carbonyl (C=O) groups is 2. The number of carbonyl (C=O) groups excluding carboxylic acids is 1. The van der Waals surface area contributed by atoms with E-state index in [1.54, 1.807) is 12.4 Å². The molecule has 1 aliphatic rings. The number of carboxylic acids is 1. The third kappa shape index (κ3) is 2.99. The molecule has 2 atom stereocenters. The van der Waals surface area contributed by atoms with E-state index in [0.717, 1.165) is 18.4 Å². The third-order valence-corrected chi connectivity index (χ3v) is 3.16. The summed E-state index contributed by atoms with van der Waals surface area (Å²) in [5.74, 6) is -1.31. The highest BCUT2D eigenvalue weighted by Crippen LogP contribution is 2.25. The fourth-order valence-electron chi connectivity index (χ4n) is 2.20. The maximum atomic E-state index is 11.6. The molecule has 0 spiro atoms. The van der Waals surface area contributed by atoms with E-state index >= 15 is 0 Å². The van der Waals surface area contributed by atoms with E-state index in [2.05, 4.69) is 20.8 Å². The molecule has 1 fully saturated rings. The Labute approximate surface area is 104 Å². The molecule has 0 aliphatic heterocycles. The lowest BCUT2D eigenvalue weighted by molar-refractivity contribution is -0.142. The van der Waals surface area contributed by atoms with E-state index in [-0.39, 0.29) is 12.1 Å². The Bertz CT molecular complexity index is 418. The molecule has 1 aliphatic carbocycles. The van der Waals surface area contributed by atoms with Gasteiger partial charge in [0.2, 0.25) is 0 Å². The van der Waals surface area contributed by atoms with Crippen LogP contribution in [-0.4, -0.2) is 33.3 Å². The van der Waals surface area contributed by atoms with Gasteiger partial charge in [-0.1, -0.05) is 6.42 Å². The van der Waals surface area contributed by atoms with Gasteiger partial charge in [-0.05, 0) is 12.8 Å². The van der Waals surface area contributed by atoms with Crippen LogP contribution in [0, 0.1) is 5.92 Å². The van der Waals surface area contributed by atoms with Gasteiger partial charge in [-0.3, -0.25) is 9.89 Å². The van der Waals surface area contributed by atoms with Crippen molar-refractivity contribution in [2.45, 2.75) is 31.8 Å². The first-order valence-corrected chi connectivity index (χ1v) is 5.91. The number of aromatic amines is 1. The molecule has 7 nitrogen and oxygen atoms in total. The number of rotatable bonds is 4. The van der Waals surface area contributed by atoms with Gasteiger partial charge < -0.3 is 15.7 Å². The van der Waals surface area contributed by atoms with Crippen LogP contribution in [0.5, 0.6) is 0 Å². The van der Waals surface area contributed by atoms with E-state index < -0.39 is 11.9 Å². The van der Waals surface area contributed by atoms with Gasteiger partial charge in [0.05, 0.1) is 12.1 Å². The second-order valence-electron chi connectivity index (χ2n) is 4.42. The SMILES string of the molecule is O=C(NCc1cn[nH]c1)NC1CCCC1C(=O)O. The molecular weight excluding hydrogens is 236 g/mol. The molecule has 1 aromatic heterocycles. The Morgan fingerprint density at radius 2 is 2.33 bits per heavy atom. The van der Waals surface area contributed by atoms with Crippen LogP contribution in [-0.2, 0) is 11.3 Å². The predicted octanol–water partition coefficient (Wildman–Crippen LogP) is 0.462. The summed E-state index contributed by atoms with van der Waals surface area (Å²) in [4.78, 5) is 22.6. The first kappa shape index (κ1) is 12.4. The summed E-state index contributed by atoms with van der Waals surface area (Å²) >= 11 is 0. The molecular formula is C11H16N4O3. The molecule has 4 N–H and O–H groups in total. The molecule has 7 heteroatoms. The molecule has 2 rings (SSSR count). The van der Waals surface area contributed by atoms with Crippen LogP contribution < -0.4 is 10.6 Å². The molecule has 1 heterocycles. The van der Waals surface area contributed by atoms with E-state index in [1.807, 2.05) is 0 Å². The van der Waals surface area contributed by atoms with Gasteiger partial charge >= 0.3 is 12.0 Å². The molecule has 1 aromatic rings. The zero-order valence-corrected chi connectivity index (χ0v) is 9.85. The first-order chi connectivity index (χ1) is 8.66. The number of nitrogens with one attached hydrogen (secondary N) is 3. The van der Waals surface area contributed by atoms with Gasteiger partial charge in [0.25, 0.3) is 0 Å². The highest BCUT2D eigenvalue weighted by atomic mass is 16.4. The molecule has 0 aromatic carbocycles. The van der Waals surface area contributed by atoms with Crippen LogP contribution >= 0.6 is 0 Å². The second-order valence-corrected chi connectivity index (χ2v) is 4.42. The number of amides is 2. The number of aliphatic carboxylic acids is 1. The largest absolute Gasteiger partial charge is 0.481 e. The van der Waals surface area contributed by atoms with Crippen molar-refractivity contribution in [1.82, 2.24) is 20.8 Å². The van der Waals surface area contributed by atoms with Crippen molar-refractivity contribution in [3.05, 3.63) is 18.0 Å². The average molecular weight is 252 g/mol. The fraction of sp³-hybridized carbons (Fsp3) is 0.545. The minimum atomic E-state index is -0.840. The predicted molar refractivity (Wildman–Crippen MR) is 62.7 cm³/mol. The van der Waals surface area contributed by atoms with E-state index in [0.29, 0.717) is 13.0 Å². The summed E-state index contributed by atoms with van der Waals surface area (Å²) in [7, 11) is 0. The molecule has 2 amide bonds. The zero-order valence-electron chi connectivity index (χ0n) is 9.85. The van der Waals surface area contributed by atoms with Gasteiger partial charge in [-0.15, -0.1) is 0 Å². The van der Waals surface area contributed by atoms with Crippen LogP contribution in [0.1, 0.15) is 24.8 Å². The van der Waals surface area contributed by atoms with Crippen LogP contribution in [0.3, 0.4) is 0 Å². The minimum Gasteiger partial charge on any atom is -0.481 e. The summed E-state index contributed by atoms with van der Waals surface area (Å²) < 4.78 is 0. The monoisotopic (exact) mass is 252 g/mol. The van der Waals surface area contributed by atoms with Crippen molar-refractivity contribution >= 4 is 12.0 Å². The van der Waals surface area contributed by atoms with Crippen LogP contribution in [0.25, 0.3) is 0 Å². The van der Waals surface area contributed by atoms with E-state index in [4.69, 9.17) is 5.11 Å². The quantitative estimate of drug-likeness (QED) is 0.624. The van der Waals surface area contributed by atoms with Gasteiger partial charge in [-0.25, -0.2) is 4.79 Å². The first-order valence-electron chi connectivity index (χ1n) is 5.91. The van der Waals surface area contributed by atoms with Gasteiger partial charge in [0.1, 0.15) is 0 Å². The van der Waals surface area contributed by atoms with Crippen molar-refractivity contribution in [2.24, 2.45) is 5.92 Å². The highest BCUT2D eigenvalue weighted by Gasteiger charge is 2.33. The van der Waals surface area contributed by atoms with Gasteiger partial charge in [0.15, 0.2) is 0 Å². The zero-order chi connectivity index (χ0) is 13.0. The number of H-pyrrole nitrogens is 1. The van der Waals surface area contributed by atoms with E-state index in [9.17, 15) is 9.59 Å². The number of hydrogen-bond acceptors (Lipinski definition) is 3. The summed E-state index contributed by atoms with van der Waals surface area (Å²) in [5.41, 5.74) is 0.867. The second kappa shape index (κ2) is 5.52. The molecule has 0 radical (unpaired) electrons.